The fourth-order valence-corrected chi connectivity index (χ4v) is 4.31. The second-order valence-corrected chi connectivity index (χ2v) is 8.54. The van der Waals surface area contributed by atoms with Crippen LogP contribution in [0.1, 0.15) is 52.7 Å². The Morgan fingerprint density at radius 2 is 1.85 bits per heavy atom. The molecular formula is C26H30N6O2. The molecule has 176 valence electrons. The lowest BCUT2D eigenvalue weighted by molar-refractivity contribution is 0.0781. The fraction of sp³-hybridized carbons (Fsp3) is 0.308. The first-order valence-corrected chi connectivity index (χ1v) is 11.4. The maximum absolute atomic E-state index is 12.9. The molecule has 1 saturated carbocycles. The highest BCUT2D eigenvalue weighted by molar-refractivity contribution is 6.16. The summed E-state index contributed by atoms with van der Waals surface area (Å²) in [5, 5.41) is 12.2. The fourth-order valence-electron chi connectivity index (χ4n) is 4.31. The number of para-hydroxylation sites is 1. The summed E-state index contributed by atoms with van der Waals surface area (Å²) in [6.45, 7) is 0.426. The number of nitrogen functional groups attached to an aromatic ring is 1. The number of hydrogen-bond donors (Lipinski definition) is 3. The number of aromatic nitrogens is 2. The zero-order valence-electron chi connectivity index (χ0n) is 19.5. The monoisotopic (exact) mass is 458 g/mol. The molecule has 1 aliphatic rings. The highest BCUT2D eigenvalue weighted by atomic mass is 16.5. The van der Waals surface area contributed by atoms with Gasteiger partial charge in [0.1, 0.15) is 23.7 Å². The number of amides is 1. The van der Waals surface area contributed by atoms with Crippen molar-refractivity contribution in [3.63, 3.8) is 0 Å². The van der Waals surface area contributed by atoms with Crippen molar-refractivity contribution in [2.45, 2.75) is 38.3 Å². The molecule has 4 N–H and O–H groups in total. The average Bonchev–Trinajstić information content (AvgIpc) is 3.37. The van der Waals surface area contributed by atoms with Crippen LogP contribution in [0.25, 0.3) is 0 Å². The van der Waals surface area contributed by atoms with Gasteiger partial charge in [0.05, 0.1) is 23.9 Å². The number of rotatable bonds is 8. The van der Waals surface area contributed by atoms with Gasteiger partial charge in [0, 0.05) is 25.2 Å². The van der Waals surface area contributed by atoms with Crippen LogP contribution in [0.4, 0.5) is 11.6 Å². The lowest BCUT2D eigenvalue weighted by atomic mass is 10.0. The minimum atomic E-state index is -0.119. The van der Waals surface area contributed by atoms with Gasteiger partial charge in [-0.05, 0) is 30.5 Å². The first kappa shape index (κ1) is 23.2. The summed E-state index contributed by atoms with van der Waals surface area (Å²) in [6.07, 6.45) is 6.00. The number of anilines is 2. The van der Waals surface area contributed by atoms with E-state index in [0.717, 1.165) is 18.4 Å². The number of methoxy groups -OCH3 is 1. The van der Waals surface area contributed by atoms with E-state index in [1.54, 1.807) is 31.2 Å². The second kappa shape index (κ2) is 10.3. The first-order valence-electron chi connectivity index (χ1n) is 11.4. The van der Waals surface area contributed by atoms with Gasteiger partial charge in [-0.15, -0.1) is 0 Å². The van der Waals surface area contributed by atoms with Crippen molar-refractivity contribution >= 4 is 23.3 Å². The number of nitrogens with one attached hydrogen (secondary N) is 2. The van der Waals surface area contributed by atoms with Gasteiger partial charge in [0.15, 0.2) is 0 Å². The smallest absolute Gasteiger partial charge is 0.257 e. The van der Waals surface area contributed by atoms with E-state index in [0.29, 0.717) is 40.8 Å². The minimum absolute atomic E-state index is 0.119. The summed E-state index contributed by atoms with van der Waals surface area (Å²) >= 11 is 0. The number of carbonyl (C=O) groups is 1. The average molecular weight is 459 g/mol. The number of ether oxygens (including phenoxy) is 1. The van der Waals surface area contributed by atoms with E-state index in [1.807, 2.05) is 36.4 Å². The Bertz CT molecular complexity index is 1170. The second-order valence-electron chi connectivity index (χ2n) is 8.54. The van der Waals surface area contributed by atoms with Crippen LogP contribution in [-0.2, 0) is 6.54 Å². The van der Waals surface area contributed by atoms with Gasteiger partial charge in [0.2, 0.25) is 0 Å². The van der Waals surface area contributed by atoms with E-state index in [1.165, 1.54) is 19.2 Å². The van der Waals surface area contributed by atoms with Crippen LogP contribution in [0.3, 0.4) is 0 Å². The molecule has 0 unspecified atom stereocenters. The Morgan fingerprint density at radius 3 is 2.56 bits per heavy atom. The van der Waals surface area contributed by atoms with Crippen LogP contribution < -0.4 is 15.8 Å². The summed E-state index contributed by atoms with van der Waals surface area (Å²) in [5.74, 6) is 1.32. The molecule has 1 fully saturated rings. The molecule has 0 atom stereocenters. The molecule has 0 bridgehead atoms. The third-order valence-corrected chi connectivity index (χ3v) is 6.17. The Morgan fingerprint density at radius 1 is 1.15 bits per heavy atom. The molecule has 0 spiro atoms. The zero-order chi connectivity index (χ0) is 24.1. The standard InChI is InChI=1S/C26H30N6O2/c1-32(26(33)20-9-5-6-10-21(20)34-2)15-17-11-13-18(14-12-17)23(27)22-24(28)29-16-30-25(22)31-19-7-3-4-8-19/h5-6,9-14,16,19,27H,3-4,7-8,15H2,1-2H3,(H3,28,29,30,31). The van der Waals surface area contributed by atoms with Crippen LogP contribution in [-0.4, -0.2) is 46.7 Å². The molecule has 0 radical (unpaired) electrons. The van der Waals surface area contributed by atoms with E-state index in [2.05, 4.69) is 15.3 Å². The zero-order valence-corrected chi connectivity index (χ0v) is 19.5. The molecule has 34 heavy (non-hydrogen) atoms. The highest BCUT2D eigenvalue weighted by Gasteiger charge is 2.21. The van der Waals surface area contributed by atoms with Gasteiger partial charge in [-0.2, -0.15) is 0 Å². The summed E-state index contributed by atoms with van der Waals surface area (Å²) in [4.78, 5) is 23.0. The number of benzene rings is 2. The number of carbonyl (C=O) groups excluding carboxylic acids is 1. The molecule has 1 amide bonds. The van der Waals surface area contributed by atoms with Gasteiger partial charge < -0.3 is 20.7 Å². The van der Waals surface area contributed by atoms with Crippen molar-refractivity contribution in [1.82, 2.24) is 14.9 Å². The molecule has 1 aliphatic carbocycles. The van der Waals surface area contributed by atoms with Crippen LogP contribution in [0.5, 0.6) is 5.75 Å². The van der Waals surface area contributed by atoms with E-state index < -0.39 is 0 Å². The molecule has 2 aromatic carbocycles. The van der Waals surface area contributed by atoms with E-state index in [4.69, 9.17) is 15.9 Å². The van der Waals surface area contributed by atoms with Crippen molar-refractivity contribution in [2.24, 2.45) is 0 Å². The Kier molecular flexibility index (Phi) is 7.06. The third-order valence-electron chi connectivity index (χ3n) is 6.17. The van der Waals surface area contributed by atoms with Crippen molar-refractivity contribution in [1.29, 1.82) is 5.41 Å². The molecule has 0 aliphatic heterocycles. The summed E-state index contributed by atoms with van der Waals surface area (Å²) in [5.41, 5.74) is 9.12. The number of hydrogen-bond acceptors (Lipinski definition) is 7. The maximum atomic E-state index is 12.9. The minimum Gasteiger partial charge on any atom is -0.496 e. The molecule has 8 nitrogen and oxygen atoms in total. The van der Waals surface area contributed by atoms with Gasteiger partial charge >= 0.3 is 0 Å². The molecule has 4 rings (SSSR count). The SMILES string of the molecule is COc1ccccc1C(=O)N(C)Cc1ccc(C(=N)c2c(N)ncnc2NC2CCCC2)cc1. The Labute approximate surface area is 199 Å². The lowest BCUT2D eigenvalue weighted by Crippen LogP contribution is -2.26. The van der Waals surface area contributed by atoms with Crippen molar-refractivity contribution in [3.05, 3.63) is 77.1 Å². The topological polar surface area (TPSA) is 117 Å². The van der Waals surface area contributed by atoms with Crippen LogP contribution in [0.15, 0.2) is 54.9 Å². The van der Waals surface area contributed by atoms with Crippen molar-refractivity contribution in [3.8, 4) is 5.75 Å². The molecule has 3 aromatic rings. The Hall–Kier alpha value is -3.94. The summed E-state index contributed by atoms with van der Waals surface area (Å²) < 4.78 is 5.32. The van der Waals surface area contributed by atoms with Crippen molar-refractivity contribution in [2.75, 3.05) is 25.2 Å². The maximum Gasteiger partial charge on any atom is 0.257 e. The molecule has 1 aromatic heterocycles. The van der Waals surface area contributed by atoms with Gasteiger partial charge in [0.25, 0.3) is 5.91 Å². The van der Waals surface area contributed by atoms with Gasteiger partial charge in [-0.3, -0.25) is 10.2 Å². The summed E-state index contributed by atoms with van der Waals surface area (Å²) in [7, 11) is 3.31. The lowest BCUT2D eigenvalue weighted by Gasteiger charge is -2.19. The van der Waals surface area contributed by atoms with Crippen molar-refractivity contribution < 1.29 is 9.53 Å². The van der Waals surface area contributed by atoms with Gasteiger partial charge in [-0.25, -0.2) is 9.97 Å². The predicted molar refractivity (Wildman–Crippen MR) is 133 cm³/mol. The number of nitrogens with two attached hydrogens (primary N) is 1. The predicted octanol–water partition coefficient (Wildman–Crippen LogP) is 4.11. The molecular weight excluding hydrogens is 428 g/mol. The van der Waals surface area contributed by atoms with E-state index >= 15 is 0 Å². The molecule has 1 heterocycles. The highest BCUT2D eigenvalue weighted by Crippen LogP contribution is 2.27. The van der Waals surface area contributed by atoms with E-state index in [9.17, 15) is 4.79 Å². The van der Waals surface area contributed by atoms with E-state index in [-0.39, 0.29) is 17.4 Å². The van der Waals surface area contributed by atoms with Crippen LogP contribution in [0, 0.1) is 5.41 Å². The summed E-state index contributed by atoms with van der Waals surface area (Å²) in [6, 6.07) is 15.1. The molecule has 8 heteroatoms. The van der Waals surface area contributed by atoms with Crippen LogP contribution in [0.2, 0.25) is 0 Å². The van der Waals surface area contributed by atoms with Crippen LogP contribution >= 0.6 is 0 Å². The quantitative estimate of drug-likeness (QED) is 0.437. The third kappa shape index (κ3) is 5.01. The molecule has 0 saturated heterocycles. The Balaban J connectivity index is 1.49. The largest absolute Gasteiger partial charge is 0.496 e. The first-order chi connectivity index (χ1) is 16.5. The normalized spacial score (nSPS) is 13.5. The van der Waals surface area contributed by atoms with Gasteiger partial charge in [-0.1, -0.05) is 49.2 Å². The number of nitrogens with zero attached hydrogens (tertiary/aromatic N) is 3.